The van der Waals surface area contributed by atoms with Crippen LogP contribution in [0.2, 0.25) is 0 Å². The molecule has 0 saturated heterocycles. The summed E-state index contributed by atoms with van der Waals surface area (Å²) in [6, 6.07) is 21.2. The number of rotatable bonds is 7. The maximum Gasteiger partial charge on any atom is 0.254 e. The highest BCUT2D eigenvalue weighted by Crippen LogP contribution is 2.23. The fraction of sp³-hybridized carbons (Fsp3) is 0.333. The van der Waals surface area contributed by atoms with E-state index in [1.54, 1.807) is 37.4 Å². The number of aliphatic hydroxyl groups excluding tert-OH is 1. The van der Waals surface area contributed by atoms with Gasteiger partial charge in [0.15, 0.2) is 0 Å². The fourth-order valence-electron chi connectivity index (χ4n) is 5.17. The number of aliphatic hydroxyl groups is 1. The second-order valence-corrected chi connectivity index (χ2v) is 9.81. The van der Waals surface area contributed by atoms with Crippen LogP contribution in [0.1, 0.15) is 43.0 Å². The number of ether oxygens (including phenoxy) is 1. The van der Waals surface area contributed by atoms with Crippen molar-refractivity contribution in [3.8, 4) is 5.75 Å². The molecule has 0 aromatic heterocycles. The van der Waals surface area contributed by atoms with E-state index in [4.69, 9.17) is 4.74 Å². The van der Waals surface area contributed by atoms with Gasteiger partial charge in [0.05, 0.1) is 13.2 Å². The molecule has 0 radical (unpaired) electrons. The predicted molar refractivity (Wildman–Crippen MR) is 142 cm³/mol. The Bertz CT molecular complexity index is 1270. The Hall–Kier alpha value is -3.68. The van der Waals surface area contributed by atoms with E-state index in [9.17, 15) is 14.7 Å². The third kappa shape index (κ3) is 5.84. The van der Waals surface area contributed by atoms with Crippen LogP contribution >= 0.6 is 0 Å². The van der Waals surface area contributed by atoms with Crippen molar-refractivity contribution in [2.24, 2.45) is 0 Å². The Morgan fingerprint density at radius 3 is 2.38 bits per heavy atom. The van der Waals surface area contributed by atoms with E-state index in [-0.39, 0.29) is 18.4 Å². The number of nitrogens with one attached hydrogen (secondary N) is 1. The Labute approximate surface area is 217 Å². The number of amides is 2. The van der Waals surface area contributed by atoms with Crippen molar-refractivity contribution in [3.05, 3.63) is 100 Å². The van der Waals surface area contributed by atoms with Gasteiger partial charge in [-0.2, -0.15) is 0 Å². The molecule has 2 N–H and O–H groups in total. The molecule has 0 saturated carbocycles. The van der Waals surface area contributed by atoms with Gasteiger partial charge >= 0.3 is 0 Å². The molecule has 0 unspecified atom stereocenters. The van der Waals surface area contributed by atoms with Crippen LogP contribution < -0.4 is 10.1 Å². The van der Waals surface area contributed by atoms with Gasteiger partial charge < -0.3 is 20.1 Å². The molecule has 3 aromatic rings. The van der Waals surface area contributed by atoms with Crippen LogP contribution in [-0.2, 0) is 25.9 Å². The largest absolute Gasteiger partial charge is 0.497 e. The minimum atomic E-state index is -0.635. The number of carbonyl (C=O) groups excluding carboxylic acids is 2. The third-order valence-electron chi connectivity index (χ3n) is 7.28. The van der Waals surface area contributed by atoms with E-state index in [1.165, 1.54) is 11.1 Å². The van der Waals surface area contributed by atoms with Crippen molar-refractivity contribution in [1.29, 1.82) is 0 Å². The highest BCUT2D eigenvalue weighted by molar-refractivity contribution is 5.95. The molecule has 2 heterocycles. The number of benzene rings is 3. The molecule has 1 atom stereocenters. The van der Waals surface area contributed by atoms with Crippen LogP contribution in [0.4, 0.5) is 0 Å². The molecule has 192 valence electrons. The molecule has 3 aromatic carbocycles. The lowest BCUT2D eigenvalue weighted by Crippen LogP contribution is -2.42. The van der Waals surface area contributed by atoms with Gasteiger partial charge in [-0.25, -0.2) is 0 Å². The monoisotopic (exact) mass is 499 g/mol. The molecule has 7 heteroatoms. The smallest absolute Gasteiger partial charge is 0.254 e. The summed E-state index contributed by atoms with van der Waals surface area (Å²) < 4.78 is 5.17. The van der Waals surface area contributed by atoms with Crippen molar-refractivity contribution in [1.82, 2.24) is 15.1 Å². The second kappa shape index (κ2) is 11.2. The summed E-state index contributed by atoms with van der Waals surface area (Å²) in [6.45, 7) is 3.57. The normalized spacial score (nSPS) is 15.9. The van der Waals surface area contributed by atoms with Gasteiger partial charge in [0.1, 0.15) is 5.75 Å². The molecule has 0 aliphatic carbocycles. The maximum absolute atomic E-state index is 12.9. The molecule has 37 heavy (non-hydrogen) atoms. The van der Waals surface area contributed by atoms with E-state index in [1.807, 2.05) is 23.1 Å². The van der Waals surface area contributed by atoms with Crippen LogP contribution in [-0.4, -0.2) is 66.1 Å². The Morgan fingerprint density at radius 2 is 1.59 bits per heavy atom. The van der Waals surface area contributed by atoms with Gasteiger partial charge in [-0.1, -0.05) is 30.3 Å². The standard InChI is InChI=1S/C30H33N3O4/c1-37-28-10-8-22(9-11-28)30(36)33-15-13-23-16-24(6-7-26(23)19-33)29(35)31-17-27(34)20-32-14-12-21-4-2-3-5-25(21)18-32/h2-11,16,27,34H,12-15,17-20H2,1H3,(H,31,35)/t27-/m1/s1. The van der Waals surface area contributed by atoms with Crippen molar-refractivity contribution in [2.45, 2.75) is 32.0 Å². The first-order valence-electron chi connectivity index (χ1n) is 12.8. The van der Waals surface area contributed by atoms with E-state index in [0.717, 1.165) is 36.4 Å². The summed E-state index contributed by atoms with van der Waals surface area (Å²) in [5.74, 6) is 0.514. The van der Waals surface area contributed by atoms with E-state index >= 15 is 0 Å². The fourth-order valence-corrected chi connectivity index (χ4v) is 5.17. The van der Waals surface area contributed by atoms with Gasteiger partial charge in [0.25, 0.3) is 11.8 Å². The lowest BCUT2D eigenvalue weighted by atomic mass is 9.96. The molecule has 7 nitrogen and oxygen atoms in total. The minimum absolute atomic E-state index is 0.0127. The summed E-state index contributed by atoms with van der Waals surface area (Å²) in [7, 11) is 1.60. The molecule has 2 aliphatic heterocycles. The Balaban J connectivity index is 1.13. The van der Waals surface area contributed by atoms with Crippen molar-refractivity contribution in [3.63, 3.8) is 0 Å². The molecule has 0 bridgehead atoms. The number of methoxy groups -OCH3 is 1. The second-order valence-electron chi connectivity index (χ2n) is 9.81. The van der Waals surface area contributed by atoms with Crippen LogP contribution in [0.15, 0.2) is 66.7 Å². The summed E-state index contributed by atoms with van der Waals surface area (Å²) in [4.78, 5) is 29.8. The van der Waals surface area contributed by atoms with Crippen LogP contribution in [0.5, 0.6) is 5.75 Å². The lowest BCUT2D eigenvalue weighted by molar-refractivity contribution is 0.0734. The van der Waals surface area contributed by atoms with Gasteiger partial charge in [0, 0.05) is 50.4 Å². The average Bonchev–Trinajstić information content (AvgIpc) is 2.95. The number of hydrogen-bond donors (Lipinski definition) is 2. The van der Waals surface area contributed by atoms with E-state index < -0.39 is 6.10 Å². The third-order valence-corrected chi connectivity index (χ3v) is 7.28. The zero-order chi connectivity index (χ0) is 25.8. The molecule has 0 fully saturated rings. The SMILES string of the molecule is COc1ccc(C(=O)N2CCc3cc(C(=O)NC[C@@H](O)CN4CCc5ccccc5C4)ccc3C2)cc1. The quantitative estimate of drug-likeness (QED) is 0.522. The number of carbonyl (C=O) groups is 2. The Kier molecular flexibility index (Phi) is 7.53. The Morgan fingerprint density at radius 1 is 0.892 bits per heavy atom. The molecule has 0 spiro atoms. The minimum Gasteiger partial charge on any atom is -0.497 e. The van der Waals surface area contributed by atoms with Crippen molar-refractivity contribution >= 4 is 11.8 Å². The average molecular weight is 500 g/mol. The maximum atomic E-state index is 12.9. The topological polar surface area (TPSA) is 82.1 Å². The zero-order valence-corrected chi connectivity index (χ0v) is 21.2. The van der Waals surface area contributed by atoms with Gasteiger partial charge in [0.2, 0.25) is 0 Å². The highest BCUT2D eigenvalue weighted by atomic mass is 16.5. The van der Waals surface area contributed by atoms with Crippen LogP contribution in [0.25, 0.3) is 0 Å². The summed E-state index contributed by atoms with van der Waals surface area (Å²) in [5.41, 5.74) is 6.03. The summed E-state index contributed by atoms with van der Waals surface area (Å²) in [6.07, 6.45) is 1.04. The first kappa shape index (κ1) is 25.0. The highest BCUT2D eigenvalue weighted by Gasteiger charge is 2.23. The summed E-state index contributed by atoms with van der Waals surface area (Å²) in [5, 5.41) is 13.4. The predicted octanol–water partition coefficient (Wildman–Crippen LogP) is 3.04. The first-order chi connectivity index (χ1) is 18.0. The molecular formula is C30H33N3O4. The molecule has 2 aliphatic rings. The number of nitrogens with zero attached hydrogens (tertiary/aromatic N) is 2. The van der Waals surface area contributed by atoms with Gasteiger partial charge in [-0.15, -0.1) is 0 Å². The van der Waals surface area contributed by atoms with Crippen LogP contribution in [0, 0.1) is 0 Å². The molecule has 2 amide bonds. The lowest BCUT2D eigenvalue weighted by Gasteiger charge is -2.30. The molecular weight excluding hydrogens is 466 g/mol. The van der Waals surface area contributed by atoms with E-state index in [0.29, 0.717) is 37.2 Å². The number of hydrogen-bond acceptors (Lipinski definition) is 5. The summed E-state index contributed by atoms with van der Waals surface area (Å²) >= 11 is 0. The van der Waals surface area contributed by atoms with Crippen molar-refractivity contribution in [2.75, 3.05) is 33.3 Å². The molecule has 5 rings (SSSR count). The van der Waals surface area contributed by atoms with E-state index in [2.05, 4.69) is 28.4 Å². The van der Waals surface area contributed by atoms with Gasteiger partial charge in [-0.05, 0) is 71.5 Å². The van der Waals surface area contributed by atoms with Crippen LogP contribution in [0.3, 0.4) is 0 Å². The zero-order valence-electron chi connectivity index (χ0n) is 21.2. The number of fused-ring (bicyclic) bond motifs is 2. The van der Waals surface area contributed by atoms with Crippen molar-refractivity contribution < 1.29 is 19.4 Å². The number of β-amino-alcohol motifs (C(OH)–C–C–N with tert-alkyl or cyclic N) is 1. The van der Waals surface area contributed by atoms with Gasteiger partial charge in [-0.3, -0.25) is 14.5 Å². The first-order valence-corrected chi connectivity index (χ1v) is 12.8.